The summed E-state index contributed by atoms with van der Waals surface area (Å²) in [6.45, 7) is 3.69. The molecule has 0 aromatic heterocycles. The summed E-state index contributed by atoms with van der Waals surface area (Å²) in [6, 6.07) is 6.42. The number of rotatable bonds is 5. The Balaban J connectivity index is 1.50. The Morgan fingerprint density at radius 3 is 2.60 bits per heavy atom. The number of likely N-dealkylation sites (tertiary alicyclic amines) is 1. The largest absolute Gasteiger partial charge is 0.341 e. The molecule has 6 heteroatoms. The molecule has 1 atom stereocenters. The van der Waals surface area contributed by atoms with E-state index >= 15 is 0 Å². The Bertz CT molecular complexity index is 628. The van der Waals surface area contributed by atoms with Crippen LogP contribution in [0.2, 0.25) is 0 Å². The van der Waals surface area contributed by atoms with Gasteiger partial charge in [-0.2, -0.15) is 0 Å². The zero-order valence-electron chi connectivity index (χ0n) is 14.7. The predicted molar refractivity (Wildman–Crippen MR) is 93.7 cm³/mol. The molecule has 0 unspecified atom stereocenters. The highest BCUT2D eigenvalue weighted by Gasteiger charge is 2.39. The van der Waals surface area contributed by atoms with Gasteiger partial charge >= 0.3 is 6.03 Å². The fourth-order valence-electron chi connectivity index (χ4n) is 3.79. The van der Waals surface area contributed by atoms with Gasteiger partial charge in [-0.05, 0) is 37.0 Å². The first-order valence-corrected chi connectivity index (χ1v) is 9.10. The van der Waals surface area contributed by atoms with E-state index in [2.05, 4.69) is 10.6 Å². The Morgan fingerprint density at radius 2 is 2.00 bits per heavy atom. The number of carbonyl (C=O) groups is 2. The molecule has 136 valence electrons. The van der Waals surface area contributed by atoms with Crippen molar-refractivity contribution >= 4 is 11.9 Å². The highest BCUT2D eigenvalue weighted by atomic mass is 19.1. The van der Waals surface area contributed by atoms with Crippen LogP contribution in [-0.2, 0) is 10.2 Å². The maximum Gasteiger partial charge on any atom is 0.315 e. The maximum absolute atomic E-state index is 13.1. The molecule has 1 aromatic carbocycles. The molecule has 1 aromatic rings. The van der Waals surface area contributed by atoms with Crippen molar-refractivity contribution in [3.05, 3.63) is 35.6 Å². The van der Waals surface area contributed by atoms with E-state index in [9.17, 15) is 14.0 Å². The van der Waals surface area contributed by atoms with Crippen molar-refractivity contribution in [2.75, 3.05) is 19.6 Å². The molecule has 1 aliphatic heterocycles. The number of urea groups is 1. The van der Waals surface area contributed by atoms with E-state index < -0.39 is 0 Å². The topological polar surface area (TPSA) is 61.4 Å². The molecule has 2 fully saturated rings. The van der Waals surface area contributed by atoms with Crippen LogP contribution in [0.3, 0.4) is 0 Å². The smallest absolute Gasteiger partial charge is 0.315 e. The van der Waals surface area contributed by atoms with Crippen LogP contribution >= 0.6 is 0 Å². The van der Waals surface area contributed by atoms with Crippen LogP contribution in [0.5, 0.6) is 0 Å². The Labute approximate surface area is 148 Å². The summed E-state index contributed by atoms with van der Waals surface area (Å²) in [7, 11) is 0. The molecule has 0 radical (unpaired) electrons. The number of hydrogen-bond donors (Lipinski definition) is 2. The average molecular weight is 347 g/mol. The van der Waals surface area contributed by atoms with Crippen LogP contribution in [0.25, 0.3) is 0 Å². The minimum absolute atomic E-state index is 0.0126. The summed E-state index contributed by atoms with van der Waals surface area (Å²) in [4.78, 5) is 25.7. The lowest BCUT2D eigenvalue weighted by Gasteiger charge is -2.42. The molecule has 1 aliphatic carbocycles. The van der Waals surface area contributed by atoms with Gasteiger partial charge in [-0.3, -0.25) is 4.79 Å². The molecule has 2 aliphatic rings. The normalized spacial score (nSPS) is 21.5. The van der Waals surface area contributed by atoms with Gasteiger partial charge in [-0.25, -0.2) is 9.18 Å². The van der Waals surface area contributed by atoms with Crippen molar-refractivity contribution in [3.63, 3.8) is 0 Å². The number of carbonyl (C=O) groups excluding carboxylic acids is 2. The fraction of sp³-hybridized carbons (Fsp3) is 0.579. The van der Waals surface area contributed by atoms with Gasteiger partial charge in [0.25, 0.3) is 0 Å². The third kappa shape index (κ3) is 3.94. The molecule has 1 saturated heterocycles. The molecule has 5 nitrogen and oxygen atoms in total. The SMILES string of the molecule is CCC(=O)N1CC[C@@H](NC(=O)NCC2(c3ccc(F)cc3)CCC2)C1. The van der Waals surface area contributed by atoms with Crippen LogP contribution in [-0.4, -0.2) is 42.5 Å². The van der Waals surface area contributed by atoms with Crippen molar-refractivity contribution in [1.29, 1.82) is 0 Å². The summed E-state index contributed by atoms with van der Waals surface area (Å²) >= 11 is 0. The molecular formula is C19H26FN3O2. The molecule has 3 amide bonds. The predicted octanol–water partition coefficient (Wildman–Crippen LogP) is 2.56. The number of benzene rings is 1. The lowest BCUT2D eigenvalue weighted by molar-refractivity contribution is -0.129. The van der Waals surface area contributed by atoms with Gasteiger partial charge in [0.05, 0.1) is 0 Å². The third-order valence-electron chi connectivity index (χ3n) is 5.53. The summed E-state index contributed by atoms with van der Waals surface area (Å²) in [5.74, 6) is -0.106. The van der Waals surface area contributed by atoms with E-state index in [1.807, 2.05) is 19.1 Å². The summed E-state index contributed by atoms with van der Waals surface area (Å²) in [5.41, 5.74) is 1.01. The number of nitrogens with zero attached hydrogens (tertiary/aromatic N) is 1. The van der Waals surface area contributed by atoms with E-state index in [0.717, 1.165) is 31.2 Å². The lowest BCUT2D eigenvalue weighted by atomic mass is 9.64. The van der Waals surface area contributed by atoms with Crippen LogP contribution in [0.1, 0.15) is 44.6 Å². The first-order valence-electron chi connectivity index (χ1n) is 9.10. The Morgan fingerprint density at radius 1 is 1.28 bits per heavy atom. The van der Waals surface area contributed by atoms with Crippen molar-refractivity contribution in [1.82, 2.24) is 15.5 Å². The van der Waals surface area contributed by atoms with Crippen LogP contribution in [0, 0.1) is 5.82 Å². The van der Waals surface area contributed by atoms with Gasteiger partial charge in [0.1, 0.15) is 5.82 Å². The molecule has 1 saturated carbocycles. The first kappa shape index (κ1) is 17.7. The second-order valence-electron chi connectivity index (χ2n) is 7.15. The van der Waals surface area contributed by atoms with E-state index in [4.69, 9.17) is 0 Å². The molecule has 2 N–H and O–H groups in total. The van der Waals surface area contributed by atoms with Crippen LogP contribution in [0.4, 0.5) is 9.18 Å². The Kier molecular flexibility index (Phi) is 5.25. The van der Waals surface area contributed by atoms with Crippen molar-refractivity contribution in [2.45, 2.75) is 50.5 Å². The third-order valence-corrected chi connectivity index (χ3v) is 5.53. The number of amides is 3. The summed E-state index contributed by atoms with van der Waals surface area (Å²) in [6.07, 6.45) is 4.42. The molecule has 3 rings (SSSR count). The van der Waals surface area contributed by atoms with Gasteiger partial charge in [0.15, 0.2) is 0 Å². The quantitative estimate of drug-likeness (QED) is 0.860. The standard InChI is InChI=1S/C19H26FN3O2/c1-2-17(24)23-11-8-16(12-23)22-18(25)21-13-19(9-3-10-19)14-4-6-15(20)7-5-14/h4-7,16H,2-3,8-13H2,1H3,(H2,21,22,25)/t16-/m1/s1. The van der Waals surface area contributed by atoms with E-state index in [1.165, 1.54) is 12.1 Å². The van der Waals surface area contributed by atoms with Crippen molar-refractivity contribution in [3.8, 4) is 0 Å². The second kappa shape index (κ2) is 7.42. The molecular weight excluding hydrogens is 321 g/mol. The van der Waals surface area contributed by atoms with Gasteiger partial charge in [0.2, 0.25) is 5.91 Å². The zero-order valence-corrected chi connectivity index (χ0v) is 14.7. The first-order chi connectivity index (χ1) is 12.0. The van der Waals surface area contributed by atoms with E-state index in [1.54, 1.807) is 4.90 Å². The van der Waals surface area contributed by atoms with Crippen LogP contribution in [0.15, 0.2) is 24.3 Å². The van der Waals surface area contributed by atoms with Crippen LogP contribution < -0.4 is 10.6 Å². The summed E-state index contributed by atoms with van der Waals surface area (Å²) in [5, 5.41) is 5.94. The van der Waals surface area contributed by atoms with E-state index in [-0.39, 0.29) is 29.2 Å². The minimum Gasteiger partial charge on any atom is -0.341 e. The van der Waals surface area contributed by atoms with Gasteiger partial charge in [0, 0.05) is 37.5 Å². The number of hydrogen-bond acceptors (Lipinski definition) is 2. The number of nitrogens with one attached hydrogen (secondary N) is 2. The maximum atomic E-state index is 13.1. The average Bonchev–Trinajstić information content (AvgIpc) is 3.03. The van der Waals surface area contributed by atoms with Crippen molar-refractivity contribution < 1.29 is 14.0 Å². The minimum atomic E-state index is -0.240. The number of halogens is 1. The zero-order chi connectivity index (χ0) is 17.9. The Hall–Kier alpha value is -2.11. The van der Waals surface area contributed by atoms with Gasteiger partial charge < -0.3 is 15.5 Å². The molecule has 25 heavy (non-hydrogen) atoms. The highest BCUT2D eigenvalue weighted by Crippen LogP contribution is 2.43. The summed E-state index contributed by atoms with van der Waals surface area (Å²) < 4.78 is 13.1. The molecule has 0 bridgehead atoms. The lowest BCUT2D eigenvalue weighted by Crippen LogP contribution is -2.50. The van der Waals surface area contributed by atoms with E-state index in [0.29, 0.717) is 26.1 Å². The second-order valence-corrected chi connectivity index (χ2v) is 7.15. The van der Waals surface area contributed by atoms with Gasteiger partial charge in [-0.1, -0.05) is 25.5 Å². The van der Waals surface area contributed by atoms with Gasteiger partial charge in [-0.15, -0.1) is 0 Å². The monoisotopic (exact) mass is 347 g/mol. The fourth-order valence-corrected chi connectivity index (χ4v) is 3.79. The molecule has 0 spiro atoms. The highest BCUT2D eigenvalue weighted by molar-refractivity contribution is 5.77. The van der Waals surface area contributed by atoms with Crippen molar-refractivity contribution in [2.24, 2.45) is 0 Å². The molecule has 1 heterocycles.